The zero-order valence-corrected chi connectivity index (χ0v) is 14.2. The zero-order valence-electron chi connectivity index (χ0n) is 13.4. The molecular weight excluding hydrogens is 312 g/mol. The molecule has 1 heterocycles. The number of rotatable bonds is 4. The molecule has 5 heteroatoms. The fourth-order valence-corrected chi connectivity index (χ4v) is 4.15. The summed E-state index contributed by atoms with van der Waals surface area (Å²) in [5.74, 6) is 0.231. The van der Waals surface area contributed by atoms with Crippen molar-refractivity contribution < 1.29 is 9.90 Å². The van der Waals surface area contributed by atoms with E-state index >= 15 is 0 Å². The second kappa shape index (κ2) is 7.10. The lowest BCUT2D eigenvalue weighted by atomic mass is 9.79. The minimum absolute atomic E-state index is 0.00532. The Bertz CT molecular complexity index is 558. The Morgan fingerprint density at radius 2 is 2.17 bits per heavy atom. The van der Waals surface area contributed by atoms with Gasteiger partial charge in [-0.25, -0.2) is 4.79 Å². The monoisotopic (exact) mass is 336 g/mol. The smallest absolute Gasteiger partial charge is 0.317 e. The molecule has 3 rings (SSSR count). The molecule has 0 radical (unpaired) electrons. The van der Waals surface area contributed by atoms with Gasteiger partial charge in [0.2, 0.25) is 0 Å². The fourth-order valence-electron chi connectivity index (χ4n) is 3.96. The third-order valence-corrected chi connectivity index (χ3v) is 5.64. The highest BCUT2D eigenvalue weighted by Crippen LogP contribution is 2.41. The lowest BCUT2D eigenvalue weighted by Crippen LogP contribution is -2.45. The first-order chi connectivity index (χ1) is 11.1. The number of urea groups is 1. The van der Waals surface area contributed by atoms with E-state index in [0.29, 0.717) is 13.1 Å². The second-order valence-electron chi connectivity index (χ2n) is 6.94. The molecule has 23 heavy (non-hydrogen) atoms. The zero-order chi connectivity index (χ0) is 16.3. The number of likely N-dealkylation sites (tertiary alicyclic amines) is 1. The van der Waals surface area contributed by atoms with Crippen LogP contribution in [0.15, 0.2) is 24.3 Å². The number of nitrogens with one attached hydrogen (secondary N) is 1. The molecule has 1 aliphatic carbocycles. The van der Waals surface area contributed by atoms with E-state index in [4.69, 9.17) is 11.6 Å². The molecular formula is C18H25ClN2O2. The summed E-state index contributed by atoms with van der Waals surface area (Å²) < 4.78 is 0. The minimum Gasteiger partial charge on any atom is -0.396 e. The van der Waals surface area contributed by atoms with Gasteiger partial charge in [0.25, 0.3) is 0 Å². The third-order valence-electron chi connectivity index (χ3n) is 5.41. The van der Waals surface area contributed by atoms with Crippen LogP contribution in [0.3, 0.4) is 0 Å². The van der Waals surface area contributed by atoms with Crippen molar-refractivity contribution in [2.24, 2.45) is 5.92 Å². The first-order valence-corrected chi connectivity index (χ1v) is 8.90. The van der Waals surface area contributed by atoms with Crippen LogP contribution in [0.25, 0.3) is 0 Å². The fraction of sp³-hybridized carbons (Fsp3) is 0.611. The number of aliphatic hydroxyl groups is 1. The third kappa shape index (κ3) is 3.64. The van der Waals surface area contributed by atoms with Gasteiger partial charge in [-0.05, 0) is 37.0 Å². The Morgan fingerprint density at radius 1 is 1.39 bits per heavy atom. The summed E-state index contributed by atoms with van der Waals surface area (Å²) in [6.07, 6.45) is 5.46. The van der Waals surface area contributed by atoms with Crippen LogP contribution in [0.2, 0.25) is 5.02 Å². The van der Waals surface area contributed by atoms with Gasteiger partial charge in [0.05, 0.1) is 0 Å². The van der Waals surface area contributed by atoms with Crippen molar-refractivity contribution >= 4 is 17.6 Å². The SMILES string of the molecule is O=C(NCC1(c2cccc(Cl)c2)CCCC1)N1CCC(CO)C1. The Kier molecular flexibility index (Phi) is 5.12. The van der Waals surface area contributed by atoms with E-state index in [0.717, 1.165) is 30.8 Å². The maximum Gasteiger partial charge on any atom is 0.317 e. The summed E-state index contributed by atoms with van der Waals surface area (Å²) in [6.45, 7) is 2.22. The normalized spacial score (nSPS) is 23.2. The number of amides is 2. The summed E-state index contributed by atoms with van der Waals surface area (Å²) in [4.78, 5) is 14.2. The highest BCUT2D eigenvalue weighted by atomic mass is 35.5. The van der Waals surface area contributed by atoms with Gasteiger partial charge in [0, 0.05) is 42.6 Å². The molecule has 1 aromatic carbocycles. The number of carbonyl (C=O) groups is 1. The average molecular weight is 337 g/mol. The lowest BCUT2D eigenvalue weighted by molar-refractivity contribution is 0.195. The highest BCUT2D eigenvalue weighted by Gasteiger charge is 2.37. The van der Waals surface area contributed by atoms with Gasteiger partial charge in [0.1, 0.15) is 0 Å². The van der Waals surface area contributed by atoms with Crippen molar-refractivity contribution in [2.45, 2.75) is 37.5 Å². The summed E-state index contributed by atoms with van der Waals surface area (Å²) in [6, 6.07) is 8.05. The first kappa shape index (κ1) is 16.6. The van der Waals surface area contributed by atoms with Crippen molar-refractivity contribution in [2.75, 3.05) is 26.2 Å². The summed E-state index contributed by atoms with van der Waals surface area (Å²) in [5, 5.41) is 13.1. The van der Waals surface area contributed by atoms with E-state index in [2.05, 4.69) is 11.4 Å². The van der Waals surface area contributed by atoms with E-state index < -0.39 is 0 Å². The van der Waals surface area contributed by atoms with Crippen LogP contribution in [-0.4, -0.2) is 42.3 Å². The topological polar surface area (TPSA) is 52.6 Å². The quantitative estimate of drug-likeness (QED) is 0.887. The van der Waals surface area contributed by atoms with Gasteiger partial charge >= 0.3 is 6.03 Å². The van der Waals surface area contributed by atoms with Crippen LogP contribution >= 0.6 is 11.6 Å². The molecule has 0 spiro atoms. The Balaban J connectivity index is 1.65. The van der Waals surface area contributed by atoms with Crippen molar-refractivity contribution in [1.82, 2.24) is 10.2 Å². The van der Waals surface area contributed by atoms with Crippen LogP contribution < -0.4 is 5.32 Å². The predicted molar refractivity (Wildman–Crippen MR) is 91.8 cm³/mol. The number of benzene rings is 1. The number of nitrogens with zero attached hydrogens (tertiary/aromatic N) is 1. The molecule has 4 nitrogen and oxygen atoms in total. The van der Waals surface area contributed by atoms with E-state index in [1.165, 1.54) is 18.4 Å². The van der Waals surface area contributed by atoms with E-state index in [-0.39, 0.29) is 24.0 Å². The second-order valence-corrected chi connectivity index (χ2v) is 7.38. The molecule has 2 amide bonds. The highest BCUT2D eigenvalue weighted by molar-refractivity contribution is 6.30. The molecule has 1 saturated carbocycles. The van der Waals surface area contributed by atoms with Crippen LogP contribution in [0.1, 0.15) is 37.7 Å². The molecule has 1 aromatic rings. The van der Waals surface area contributed by atoms with E-state index in [1.807, 2.05) is 23.1 Å². The Hall–Kier alpha value is -1.26. The van der Waals surface area contributed by atoms with Crippen molar-refractivity contribution in [3.8, 4) is 0 Å². The van der Waals surface area contributed by atoms with Crippen LogP contribution in [0, 0.1) is 5.92 Å². The summed E-state index contributed by atoms with van der Waals surface area (Å²) in [7, 11) is 0. The minimum atomic E-state index is -0.00532. The summed E-state index contributed by atoms with van der Waals surface area (Å²) >= 11 is 6.16. The number of carbonyl (C=O) groups excluding carboxylic acids is 1. The molecule has 2 aliphatic rings. The molecule has 1 atom stereocenters. The number of hydrogen-bond donors (Lipinski definition) is 2. The van der Waals surface area contributed by atoms with Gasteiger partial charge in [-0.15, -0.1) is 0 Å². The van der Waals surface area contributed by atoms with Gasteiger partial charge in [-0.3, -0.25) is 0 Å². The van der Waals surface area contributed by atoms with Crippen molar-refractivity contribution in [1.29, 1.82) is 0 Å². The maximum absolute atomic E-state index is 12.4. The Labute approximate surface area is 142 Å². The first-order valence-electron chi connectivity index (χ1n) is 8.53. The van der Waals surface area contributed by atoms with Gasteiger partial charge in [-0.2, -0.15) is 0 Å². The van der Waals surface area contributed by atoms with Gasteiger partial charge in [0.15, 0.2) is 0 Å². The molecule has 2 fully saturated rings. The van der Waals surface area contributed by atoms with Crippen molar-refractivity contribution in [3.63, 3.8) is 0 Å². The molecule has 126 valence electrons. The number of halogens is 1. The van der Waals surface area contributed by atoms with Gasteiger partial charge in [-0.1, -0.05) is 36.6 Å². The molecule has 1 saturated heterocycles. The maximum atomic E-state index is 12.4. The lowest BCUT2D eigenvalue weighted by Gasteiger charge is -2.31. The van der Waals surface area contributed by atoms with Gasteiger partial charge < -0.3 is 15.3 Å². The average Bonchev–Trinajstić information content (AvgIpc) is 3.23. The molecule has 0 aromatic heterocycles. The summed E-state index contributed by atoms with van der Waals surface area (Å²) in [5.41, 5.74) is 1.24. The predicted octanol–water partition coefficient (Wildman–Crippen LogP) is 3.18. The van der Waals surface area contributed by atoms with E-state index in [1.54, 1.807) is 0 Å². The van der Waals surface area contributed by atoms with Crippen LogP contribution in [0.5, 0.6) is 0 Å². The standard InChI is InChI=1S/C18H25ClN2O2/c19-16-5-3-4-15(10-16)18(7-1-2-8-18)13-20-17(23)21-9-6-14(11-21)12-22/h3-5,10,14,22H,1-2,6-9,11-13H2,(H,20,23). The molecule has 0 bridgehead atoms. The van der Waals surface area contributed by atoms with Crippen LogP contribution in [-0.2, 0) is 5.41 Å². The number of aliphatic hydroxyl groups excluding tert-OH is 1. The molecule has 2 N–H and O–H groups in total. The molecule has 1 unspecified atom stereocenters. The molecule has 1 aliphatic heterocycles. The largest absolute Gasteiger partial charge is 0.396 e. The van der Waals surface area contributed by atoms with Crippen molar-refractivity contribution in [3.05, 3.63) is 34.9 Å². The Morgan fingerprint density at radius 3 is 2.83 bits per heavy atom. The van der Waals surface area contributed by atoms with E-state index in [9.17, 15) is 9.90 Å². The van der Waals surface area contributed by atoms with Crippen LogP contribution in [0.4, 0.5) is 4.79 Å². The number of hydrogen-bond acceptors (Lipinski definition) is 2.